The standard InChI is InChI=1S/C17H28N2O2/c1-19(16-8-5-10-18-11-9-16)12-17(20)14-21-13-15-6-3-2-4-7-15/h2-4,6-7,16-18,20H,5,8-14H2,1H3. The van der Waals surface area contributed by atoms with Gasteiger partial charge in [0.1, 0.15) is 0 Å². The van der Waals surface area contributed by atoms with Crippen LogP contribution in [0.3, 0.4) is 0 Å². The Kier molecular flexibility index (Phi) is 7.16. The third kappa shape index (κ3) is 6.14. The van der Waals surface area contributed by atoms with Gasteiger partial charge in [-0.05, 0) is 45.0 Å². The predicted octanol–water partition coefficient (Wildman–Crippen LogP) is 1.64. The number of benzene rings is 1. The summed E-state index contributed by atoms with van der Waals surface area (Å²) in [4.78, 5) is 2.28. The van der Waals surface area contributed by atoms with E-state index in [2.05, 4.69) is 17.3 Å². The highest BCUT2D eigenvalue weighted by atomic mass is 16.5. The maximum Gasteiger partial charge on any atom is 0.0900 e. The van der Waals surface area contributed by atoms with Crippen molar-refractivity contribution in [3.63, 3.8) is 0 Å². The van der Waals surface area contributed by atoms with E-state index in [9.17, 15) is 5.11 Å². The highest BCUT2D eigenvalue weighted by Gasteiger charge is 2.19. The highest BCUT2D eigenvalue weighted by molar-refractivity contribution is 5.13. The van der Waals surface area contributed by atoms with Crippen LogP contribution in [-0.2, 0) is 11.3 Å². The molecule has 1 saturated heterocycles. The highest BCUT2D eigenvalue weighted by Crippen LogP contribution is 2.12. The smallest absolute Gasteiger partial charge is 0.0900 e. The molecule has 2 N–H and O–H groups in total. The Bertz CT molecular complexity index is 378. The van der Waals surface area contributed by atoms with Crippen molar-refractivity contribution < 1.29 is 9.84 Å². The normalized spacial score (nSPS) is 21.2. The van der Waals surface area contributed by atoms with Gasteiger partial charge in [0.15, 0.2) is 0 Å². The van der Waals surface area contributed by atoms with Crippen molar-refractivity contribution in [2.24, 2.45) is 0 Å². The maximum absolute atomic E-state index is 10.1. The van der Waals surface area contributed by atoms with Crippen LogP contribution >= 0.6 is 0 Å². The van der Waals surface area contributed by atoms with Gasteiger partial charge in [-0.25, -0.2) is 0 Å². The van der Waals surface area contributed by atoms with Crippen LogP contribution in [0.15, 0.2) is 30.3 Å². The van der Waals surface area contributed by atoms with Crippen molar-refractivity contribution in [1.82, 2.24) is 10.2 Å². The second-order valence-corrected chi connectivity index (χ2v) is 5.93. The lowest BCUT2D eigenvalue weighted by molar-refractivity contribution is 0.00674. The lowest BCUT2D eigenvalue weighted by atomic mass is 10.1. The van der Waals surface area contributed by atoms with E-state index in [0.29, 0.717) is 25.8 Å². The molecule has 0 bridgehead atoms. The molecule has 2 rings (SSSR count). The first kappa shape index (κ1) is 16.4. The van der Waals surface area contributed by atoms with Gasteiger partial charge in [0, 0.05) is 12.6 Å². The topological polar surface area (TPSA) is 44.7 Å². The molecule has 1 aliphatic heterocycles. The molecule has 1 aromatic carbocycles. The molecule has 1 aromatic rings. The zero-order valence-corrected chi connectivity index (χ0v) is 13.0. The first-order valence-electron chi connectivity index (χ1n) is 7.96. The van der Waals surface area contributed by atoms with Crippen molar-refractivity contribution in [2.45, 2.75) is 38.0 Å². The van der Waals surface area contributed by atoms with Gasteiger partial charge in [-0.1, -0.05) is 30.3 Å². The fourth-order valence-corrected chi connectivity index (χ4v) is 2.86. The number of aliphatic hydroxyl groups excluding tert-OH is 1. The summed E-state index contributed by atoms with van der Waals surface area (Å²) in [5.74, 6) is 0. The Morgan fingerprint density at radius 2 is 2.10 bits per heavy atom. The summed E-state index contributed by atoms with van der Waals surface area (Å²) in [6, 6.07) is 10.7. The molecule has 4 nitrogen and oxygen atoms in total. The number of nitrogens with zero attached hydrogens (tertiary/aromatic N) is 1. The van der Waals surface area contributed by atoms with Crippen molar-refractivity contribution in [1.29, 1.82) is 0 Å². The minimum absolute atomic E-state index is 0.393. The quantitative estimate of drug-likeness (QED) is 0.802. The predicted molar refractivity (Wildman–Crippen MR) is 85.2 cm³/mol. The number of hydrogen-bond acceptors (Lipinski definition) is 4. The van der Waals surface area contributed by atoms with Gasteiger partial charge in [-0.15, -0.1) is 0 Å². The van der Waals surface area contributed by atoms with E-state index >= 15 is 0 Å². The van der Waals surface area contributed by atoms with E-state index in [4.69, 9.17) is 4.74 Å². The monoisotopic (exact) mass is 292 g/mol. The maximum atomic E-state index is 10.1. The van der Waals surface area contributed by atoms with Gasteiger partial charge in [0.2, 0.25) is 0 Å². The van der Waals surface area contributed by atoms with E-state index in [1.807, 2.05) is 30.3 Å². The first-order chi connectivity index (χ1) is 10.3. The van der Waals surface area contributed by atoms with Crippen LogP contribution in [-0.4, -0.2) is 55.4 Å². The van der Waals surface area contributed by atoms with Gasteiger partial charge in [0.05, 0.1) is 19.3 Å². The molecule has 0 saturated carbocycles. The molecule has 0 aromatic heterocycles. The molecule has 1 heterocycles. The Balaban J connectivity index is 1.65. The third-order valence-corrected chi connectivity index (χ3v) is 4.09. The zero-order chi connectivity index (χ0) is 14.9. The number of rotatable bonds is 7. The summed E-state index contributed by atoms with van der Waals surface area (Å²) < 4.78 is 5.61. The van der Waals surface area contributed by atoms with Gasteiger partial charge >= 0.3 is 0 Å². The lowest BCUT2D eigenvalue weighted by Crippen LogP contribution is -2.39. The summed E-state index contributed by atoms with van der Waals surface area (Å²) in [7, 11) is 2.11. The van der Waals surface area contributed by atoms with E-state index < -0.39 is 6.10 Å². The number of aliphatic hydroxyl groups is 1. The van der Waals surface area contributed by atoms with Crippen molar-refractivity contribution >= 4 is 0 Å². The van der Waals surface area contributed by atoms with E-state index in [1.165, 1.54) is 12.8 Å². The molecular weight excluding hydrogens is 264 g/mol. The van der Waals surface area contributed by atoms with Crippen molar-refractivity contribution in [3.8, 4) is 0 Å². The molecule has 2 atom stereocenters. The van der Waals surface area contributed by atoms with E-state index in [0.717, 1.165) is 25.1 Å². The fourth-order valence-electron chi connectivity index (χ4n) is 2.86. The average Bonchev–Trinajstić information content (AvgIpc) is 2.77. The van der Waals surface area contributed by atoms with Crippen LogP contribution in [0.25, 0.3) is 0 Å². The van der Waals surface area contributed by atoms with Crippen molar-refractivity contribution in [3.05, 3.63) is 35.9 Å². The molecule has 2 unspecified atom stereocenters. The molecule has 1 aliphatic rings. The summed E-state index contributed by atoms with van der Waals surface area (Å²) >= 11 is 0. The number of likely N-dealkylation sites (N-methyl/N-ethyl adjacent to an activating group) is 1. The number of nitrogens with one attached hydrogen (secondary N) is 1. The van der Waals surface area contributed by atoms with Crippen LogP contribution in [0, 0.1) is 0 Å². The van der Waals surface area contributed by atoms with Gasteiger partial charge in [0.25, 0.3) is 0 Å². The molecular formula is C17H28N2O2. The van der Waals surface area contributed by atoms with Crippen LogP contribution in [0.1, 0.15) is 24.8 Å². The summed E-state index contributed by atoms with van der Waals surface area (Å²) in [6.07, 6.45) is 3.17. The molecule has 0 amide bonds. The molecule has 21 heavy (non-hydrogen) atoms. The zero-order valence-electron chi connectivity index (χ0n) is 13.0. The third-order valence-electron chi connectivity index (χ3n) is 4.09. The second kappa shape index (κ2) is 9.15. The summed E-state index contributed by atoms with van der Waals surface area (Å²) in [5.41, 5.74) is 1.15. The number of hydrogen-bond donors (Lipinski definition) is 2. The van der Waals surface area contributed by atoms with Gasteiger partial charge < -0.3 is 20.1 Å². The summed E-state index contributed by atoms with van der Waals surface area (Å²) in [6.45, 7) is 3.83. The largest absolute Gasteiger partial charge is 0.389 e. The molecule has 0 radical (unpaired) electrons. The second-order valence-electron chi connectivity index (χ2n) is 5.93. The Morgan fingerprint density at radius 3 is 2.90 bits per heavy atom. The van der Waals surface area contributed by atoms with Crippen LogP contribution < -0.4 is 5.32 Å². The van der Waals surface area contributed by atoms with Crippen LogP contribution in [0.2, 0.25) is 0 Å². The SMILES string of the molecule is CN(CC(O)COCc1ccccc1)C1CCCNCC1. The Hall–Kier alpha value is -0.940. The first-order valence-corrected chi connectivity index (χ1v) is 7.96. The van der Waals surface area contributed by atoms with Crippen LogP contribution in [0.4, 0.5) is 0 Å². The molecule has 0 aliphatic carbocycles. The Labute approximate surface area is 128 Å². The molecule has 0 spiro atoms. The van der Waals surface area contributed by atoms with E-state index in [1.54, 1.807) is 0 Å². The molecule has 118 valence electrons. The number of ether oxygens (including phenoxy) is 1. The minimum Gasteiger partial charge on any atom is -0.389 e. The van der Waals surface area contributed by atoms with Gasteiger partial charge in [-0.2, -0.15) is 0 Å². The Morgan fingerprint density at radius 1 is 1.29 bits per heavy atom. The molecule has 4 heteroatoms. The average molecular weight is 292 g/mol. The lowest BCUT2D eigenvalue weighted by Gasteiger charge is -2.28. The summed E-state index contributed by atoms with van der Waals surface area (Å²) in [5, 5.41) is 13.5. The van der Waals surface area contributed by atoms with E-state index in [-0.39, 0.29) is 0 Å². The minimum atomic E-state index is -0.421. The van der Waals surface area contributed by atoms with Crippen LogP contribution in [0.5, 0.6) is 0 Å². The van der Waals surface area contributed by atoms with Crippen molar-refractivity contribution in [2.75, 3.05) is 33.3 Å². The van der Waals surface area contributed by atoms with Gasteiger partial charge in [-0.3, -0.25) is 0 Å². The fraction of sp³-hybridized carbons (Fsp3) is 0.647. The molecule has 1 fully saturated rings.